The Labute approximate surface area is 188 Å². The maximum absolute atomic E-state index is 12.7. The zero-order valence-electron chi connectivity index (χ0n) is 18.6. The predicted molar refractivity (Wildman–Crippen MR) is 121 cm³/mol. The molecule has 4 rings (SSSR count). The maximum atomic E-state index is 12.7. The van der Waals surface area contributed by atoms with Gasteiger partial charge in [-0.2, -0.15) is 0 Å². The summed E-state index contributed by atoms with van der Waals surface area (Å²) in [5, 5.41) is 6.79. The number of nitrogens with one attached hydrogen (secondary N) is 1. The van der Waals surface area contributed by atoms with Gasteiger partial charge in [-0.05, 0) is 69.0 Å². The number of carbonyl (C=O) groups is 1. The van der Waals surface area contributed by atoms with Gasteiger partial charge in [0.05, 0.1) is 17.9 Å². The number of nitrogens with zero attached hydrogens (tertiary/aromatic N) is 2. The highest BCUT2D eigenvalue weighted by molar-refractivity contribution is 6.04. The minimum atomic E-state index is -0.247. The van der Waals surface area contributed by atoms with Crippen LogP contribution in [0.3, 0.4) is 0 Å². The Morgan fingerprint density at radius 2 is 1.88 bits per heavy atom. The molecule has 7 heteroatoms. The van der Waals surface area contributed by atoms with Gasteiger partial charge in [-0.15, -0.1) is 0 Å². The molecule has 0 unspecified atom stereocenters. The van der Waals surface area contributed by atoms with Gasteiger partial charge in [-0.1, -0.05) is 24.4 Å². The number of carbonyl (C=O) groups excluding carboxylic acids is 1. The molecule has 0 radical (unpaired) electrons. The van der Waals surface area contributed by atoms with E-state index in [0.29, 0.717) is 42.0 Å². The fourth-order valence-corrected chi connectivity index (χ4v) is 3.91. The van der Waals surface area contributed by atoms with E-state index >= 15 is 0 Å². The van der Waals surface area contributed by atoms with Crippen LogP contribution in [0, 0.1) is 19.8 Å². The van der Waals surface area contributed by atoms with Gasteiger partial charge in [-0.25, -0.2) is 4.98 Å². The van der Waals surface area contributed by atoms with Crippen LogP contribution in [0.5, 0.6) is 11.5 Å². The van der Waals surface area contributed by atoms with Crippen molar-refractivity contribution in [3.05, 3.63) is 65.2 Å². The highest BCUT2D eigenvalue weighted by atomic mass is 16.5. The summed E-state index contributed by atoms with van der Waals surface area (Å²) in [6, 6.07) is 10.7. The number of anilines is 1. The molecule has 1 saturated carbocycles. The molecule has 32 heavy (non-hydrogen) atoms. The number of rotatable bonds is 8. The number of aromatic nitrogens is 2. The van der Waals surface area contributed by atoms with Crippen LogP contribution in [0.2, 0.25) is 0 Å². The second kappa shape index (κ2) is 10.3. The van der Waals surface area contributed by atoms with Crippen LogP contribution < -0.4 is 14.8 Å². The Morgan fingerprint density at radius 1 is 1.09 bits per heavy atom. The van der Waals surface area contributed by atoms with E-state index in [1.807, 2.05) is 26.0 Å². The molecular weight excluding hydrogens is 406 g/mol. The highest BCUT2D eigenvalue weighted by Crippen LogP contribution is 2.27. The van der Waals surface area contributed by atoms with Crippen molar-refractivity contribution in [3.63, 3.8) is 0 Å². The number of ether oxygens (including phenoxy) is 2. The second-order valence-corrected chi connectivity index (χ2v) is 8.24. The lowest BCUT2D eigenvalue weighted by Gasteiger charge is -2.22. The largest absolute Gasteiger partial charge is 0.489 e. The Bertz CT molecular complexity index is 1020. The van der Waals surface area contributed by atoms with Crippen LogP contribution >= 0.6 is 0 Å². The van der Waals surface area contributed by atoms with Gasteiger partial charge in [-0.3, -0.25) is 4.79 Å². The molecule has 0 atom stereocenters. The molecule has 2 heterocycles. The summed E-state index contributed by atoms with van der Waals surface area (Å²) in [6.07, 6.45) is 7.90. The van der Waals surface area contributed by atoms with Crippen LogP contribution in [0.4, 0.5) is 5.82 Å². The van der Waals surface area contributed by atoms with Crippen LogP contribution in [0.1, 0.15) is 59.5 Å². The van der Waals surface area contributed by atoms with Gasteiger partial charge in [0.15, 0.2) is 11.6 Å². The number of benzene rings is 1. The van der Waals surface area contributed by atoms with Crippen molar-refractivity contribution in [1.29, 1.82) is 0 Å². The molecule has 1 aliphatic rings. The molecule has 1 amide bonds. The molecule has 3 aromatic rings. The fourth-order valence-electron chi connectivity index (χ4n) is 3.91. The van der Waals surface area contributed by atoms with Crippen molar-refractivity contribution < 1.29 is 18.8 Å². The van der Waals surface area contributed by atoms with E-state index in [1.54, 1.807) is 30.5 Å². The third kappa shape index (κ3) is 5.46. The lowest BCUT2D eigenvalue weighted by molar-refractivity contribution is 0.102. The topological polar surface area (TPSA) is 86.5 Å². The highest BCUT2D eigenvalue weighted by Gasteiger charge is 2.16. The molecule has 1 aliphatic carbocycles. The number of pyridine rings is 1. The summed E-state index contributed by atoms with van der Waals surface area (Å²) >= 11 is 0. The van der Waals surface area contributed by atoms with E-state index in [-0.39, 0.29) is 5.91 Å². The van der Waals surface area contributed by atoms with Crippen molar-refractivity contribution in [2.24, 2.45) is 5.92 Å². The van der Waals surface area contributed by atoms with Gasteiger partial charge in [0.25, 0.3) is 5.91 Å². The van der Waals surface area contributed by atoms with Crippen molar-refractivity contribution in [1.82, 2.24) is 10.1 Å². The van der Waals surface area contributed by atoms with Gasteiger partial charge < -0.3 is 19.3 Å². The average Bonchev–Trinajstić information content (AvgIpc) is 3.15. The fraction of sp³-hybridized carbons (Fsp3) is 0.400. The van der Waals surface area contributed by atoms with Crippen LogP contribution in [-0.2, 0) is 6.61 Å². The lowest BCUT2D eigenvalue weighted by atomic mass is 9.90. The Kier molecular flexibility index (Phi) is 7.04. The van der Waals surface area contributed by atoms with E-state index < -0.39 is 0 Å². The average molecular weight is 436 g/mol. The molecule has 168 valence electrons. The van der Waals surface area contributed by atoms with Crippen LogP contribution in [-0.4, -0.2) is 22.7 Å². The van der Waals surface area contributed by atoms with Gasteiger partial charge in [0.2, 0.25) is 0 Å². The third-order valence-corrected chi connectivity index (χ3v) is 5.88. The predicted octanol–water partition coefficient (Wildman–Crippen LogP) is 5.48. The summed E-state index contributed by atoms with van der Waals surface area (Å²) in [4.78, 5) is 17.1. The summed E-state index contributed by atoms with van der Waals surface area (Å²) in [5.74, 6) is 2.78. The van der Waals surface area contributed by atoms with E-state index in [1.165, 1.54) is 32.1 Å². The standard InChI is InChI=1S/C25H29N3O4/c1-17-22(18(2)32-28-17)16-30-21-12-10-20(11-13-21)25(29)27-24-23(9-6-14-26-24)31-15-19-7-4-3-5-8-19/h6,9-14,19H,3-5,7-8,15-16H2,1-2H3,(H,26,27,29). The Balaban J connectivity index is 1.34. The molecule has 1 fully saturated rings. The molecule has 0 spiro atoms. The zero-order chi connectivity index (χ0) is 22.3. The molecule has 1 N–H and O–H groups in total. The first-order valence-corrected chi connectivity index (χ1v) is 11.1. The molecule has 0 aliphatic heterocycles. The smallest absolute Gasteiger partial charge is 0.256 e. The first-order chi connectivity index (χ1) is 15.6. The van der Waals surface area contributed by atoms with Crippen molar-refractivity contribution >= 4 is 11.7 Å². The van der Waals surface area contributed by atoms with E-state index in [0.717, 1.165) is 17.0 Å². The number of hydrogen-bond acceptors (Lipinski definition) is 6. The van der Waals surface area contributed by atoms with Crippen LogP contribution in [0.25, 0.3) is 0 Å². The van der Waals surface area contributed by atoms with Gasteiger partial charge in [0, 0.05) is 11.8 Å². The van der Waals surface area contributed by atoms with Crippen molar-refractivity contribution in [2.45, 2.75) is 52.6 Å². The minimum Gasteiger partial charge on any atom is -0.489 e. The SMILES string of the molecule is Cc1noc(C)c1COc1ccc(C(=O)Nc2ncccc2OCC2CCCCC2)cc1. The minimum absolute atomic E-state index is 0.247. The number of hydrogen-bond donors (Lipinski definition) is 1. The molecule has 7 nitrogen and oxygen atoms in total. The quantitative estimate of drug-likeness (QED) is 0.504. The maximum Gasteiger partial charge on any atom is 0.256 e. The summed E-state index contributed by atoms with van der Waals surface area (Å²) in [7, 11) is 0. The zero-order valence-corrected chi connectivity index (χ0v) is 18.6. The van der Waals surface area contributed by atoms with Gasteiger partial charge >= 0.3 is 0 Å². The normalized spacial score (nSPS) is 14.2. The molecular formula is C25H29N3O4. The Morgan fingerprint density at radius 3 is 2.59 bits per heavy atom. The summed E-state index contributed by atoms with van der Waals surface area (Å²) < 4.78 is 17.0. The first kappa shape index (κ1) is 21.9. The van der Waals surface area contributed by atoms with E-state index in [9.17, 15) is 4.79 Å². The van der Waals surface area contributed by atoms with Crippen molar-refractivity contribution in [3.8, 4) is 11.5 Å². The summed E-state index contributed by atoms with van der Waals surface area (Å²) in [6.45, 7) is 4.76. The monoisotopic (exact) mass is 435 g/mol. The van der Waals surface area contributed by atoms with Crippen molar-refractivity contribution in [2.75, 3.05) is 11.9 Å². The Hall–Kier alpha value is -3.35. The lowest BCUT2D eigenvalue weighted by Crippen LogP contribution is -2.17. The summed E-state index contributed by atoms with van der Waals surface area (Å²) in [5.41, 5.74) is 2.26. The number of amides is 1. The third-order valence-electron chi connectivity index (χ3n) is 5.88. The molecule has 1 aromatic carbocycles. The van der Waals surface area contributed by atoms with E-state index in [2.05, 4.69) is 15.5 Å². The number of aryl methyl sites for hydroxylation is 2. The van der Waals surface area contributed by atoms with Crippen LogP contribution in [0.15, 0.2) is 47.1 Å². The second-order valence-electron chi connectivity index (χ2n) is 8.24. The molecule has 2 aromatic heterocycles. The van der Waals surface area contributed by atoms with Gasteiger partial charge in [0.1, 0.15) is 18.1 Å². The molecule has 0 bridgehead atoms. The van der Waals surface area contributed by atoms with E-state index in [4.69, 9.17) is 14.0 Å². The molecule has 0 saturated heterocycles. The first-order valence-electron chi connectivity index (χ1n) is 11.1.